The number of likely N-dealkylation sites (tertiary alicyclic amines) is 1. The van der Waals surface area contributed by atoms with E-state index in [-0.39, 0.29) is 29.6 Å². The number of para-hydroxylation sites is 2. The number of carbonyl (C=O) groups excluding carboxylic acids is 1. The van der Waals surface area contributed by atoms with Crippen LogP contribution >= 0.6 is 0 Å². The zero-order chi connectivity index (χ0) is 26.8. The second-order valence-electron chi connectivity index (χ2n) is 9.80. The number of hydrogen-bond acceptors (Lipinski definition) is 8. The van der Waals surface area contributed by atoms with Gasteiger partial charge in [0.2, 0.25) is 5.03 Å². The Kier molecular flexibility index (Phi) is 7.94. The van der Waals surface area contributed by atoms with Crippen LogP contribution in [0.1, 0.15) is 43.5 Å². The Hall–Kier alpha value is -2.67. The minimum absolute atomic E-state index is 0.131. The van der Waals surface area contributed by atoms with Crippen molar-refractivity contribution in [2.45, 2.75) is 50.5 Å². The molecule has 208 valence electrons. The van der Waals surface area contributed by atoms with Gasteiger partial charge in [0.1, 0.15) is 5.75 Å². The van der Waals surface area contributed by atoms with Gasteiger partial charge >= 0.3 is 0 Å². The second-order valence-corrected chi connectivity index (χ2v) is 11.7. The normalized spacial score (nSPS) is 20.3. The Labute approximate surface area is 224 Å². The lowest BCUT2D eigenvalue weighted by Gasteiger charge is -2.37. The van der Waals surface area contributed by atoms with Crippen LogP contribution in [0.25, 0.3) is 0 Å². The summed E-state index contributed by atoms with van der Waals surface area (Å²) >= 11 is 0. The lowest BCUT2D eigenvalue weighted by Crippen LogP contribution is -2.49. The van der Waals surface area contributed by atoms with Crippen molar-refractivity contribution in [3.05, 3.63) is 36.0 Å². The molecule has 12 heteroatoms. The van der Waals surface area contributed by atoms with Gasteiger partial charge in [-0.15, -0.1) is 0 Å². The maximum absolute atomic E-state index is 13.8. The van der Waals surface area contributed by atoms with Gasteiger partial charge in [-0.3, -0.25) is 9.48 Å². The first-order valence-corrected chi connectivity index (χ1v) is 14.9. The molecule has 0 radical (unpaired) electrons. The first-order chi connectivity index (χ1) is 18.4. The maximum atomic E-state index is 13.8. The molecule has 4 heterocycles. The summed E-state index contributed by atoms with van der Waals surface area (Å²) in [5, 5.41) is 4.25. The third-order valence-electron chi connectivity index (χ3n) is 7.37. The van der Waals surface area contributed by atoms with E-state index in [0.29, 0.717) is 65.4 Å². The number of piperidine rings is 1. The summed E-state index contributed by atoms with van der Waals surface area (Å²) in [6, 6.07) is 7.79. The van der Waals surface area contributed by atoms with Crippen LogP contribution in [-0.2, 0) is 26.0 Å². The number of aryl methyl sites for hydroxylation is 1. The lowest BCUT2D eigenvalue weighted by molar-refractivity contribution is -0.181. The molecule has 3 aliphatic rings. The maximum Gasteiger partial charge on any atom is 0.263 e. The number of hydrogen-bond donors (Lipinski definition) is 0. The zero-order valence-corrected chi connectivity index (χ0v) is 23.0. The van der Waals surface area contributed by atoms with Crippen LogP contribution in [0.15, 0.2) is 35.5 Å². The van der Waals surface area contributed by atoms with E-state index in [1.165, 1.54) is 4.31 Å². The molecule has 38 heavy (non-hydrogen) atoms. The first-order valence-electron chi connectivity index (χ1n) is 13.5. The number of nitrogens with zero attached hydrogens (tertiary/aromatic N) is 5. The molecule has 3 saturated heterocycles. The number of ether oxygens (including phenoxy) is 3. The Morgan fingerprint density at radius 3 is 2.37 bits per heavy atom. The Morgan fingerprint density at radius 1 is 1.03 bits per heavy atom. The number of anilines is 1. The molecule has 0 atom stereocenters. The molecule has 1 aromatic carbocycles. The van der Waals surface area contributed by atoms with Crippen LogP contribution in [0.5, 0.6) is 5.75 Å². The highest BCUT2D eigenvalue weighted by Gasteiger charge is 2.42. The SMILES string of the molecule is CCCn1cc(C(=O)N2CCC3(CC2)OCCO3)c(S(=O)(=O)N2CCN(c3ccccc3OCC)CC2)n1. The van der Waals surface area contributed by atoms with Crippen molar-refractivity contribution >= 4 is 21.6 Å². The van der Waals surface area contributed by atoms with Gasteiger partial charge < -0.3 is 24.0 Å². The third kappa shape index (κ3) is 5.27. The standard InChI is InChI=1S/C26H37N5O6S/c1-3-11-30-20-21(25(32)29-12-9-26(10-13-29)36-18-19-37-26)24(27-30)38(33,34)31-16-14-28(15-17-31)22-7-5-6-8-23(22)35-4-2/h5-8,20H,3-4,9-19H2,1-2H3. The van der Waals surface area contributed by atoms with E-state index in [1.54, 1.807) is 15.8 Å². The van der Waals surface area contributed by atoms with Crippen molar-refractivity contribution in [3.63, 3.8) is 0 Å². The van der Waals surface area contributed by atoms with E-state index in [4.69, 9.17) is 14.2 Å². The van der Waals surface area contributed by atoms with Crippen LogP contribution in [0.3, 0.4) is 0 Å². The van der Waals surface area contributed by atoms with Crippen LogP contribution in [-0.4, -0.2) is 98.2 Å². The molecule has 3 aliphatic heterocycles. The molecule has 5 rings (SSSR count). The van der Waals surface area contributed by atoms with Gasteiger partial charge in [0.15, 0.2) is 5.79 Å². The van der Waals surface area contributed by atoms with E-state index < -0.39 is 15.8 Å². The molecule has 2 aromatic rings. The molecule has 0 bridgehead atoms. The fraction of sp³-hybridized carbons (Fsp3) is 0.615. The third-order valence-corrected chi connectivity index (χ3v) is 9.20. The van der Waals surface area contributed by atoms with Crippen LogP contribution in [0.2, 0.25) is 0 Å². The molecule has 0 saturated carbocycles. The number of benzene rings is 1. The summed E-state index contributed by atoms with van der Waals surface area (Å²) in [6.45, 7) is 8.62. The van der Waals surface area contributed by atoms with Crippen molar-refractivity contribution in [3.8, 4) is 5.75 Å². The van der Waals surface area contributed by atoms with E-state index >= 15 is 0 Å². The summed E-state index contributed by atoms with van der Waals surface area (Å²) in [6.07, 6.45) is 3.48. The zero-order valence-electron chi connectivity index (χ0n) is 22.2. The van der Waals surface area contributed by atoms with E-state index in [0.717, 1.165) is 17.9 Å². The number of sulfonamides is 1. The fourth-order valence-electron chi connectivity index (χ4n) is 5.38. The minimum atomic E-state index is -3.98. The van der Waals surface area contributed by atoms with Gasteiger partial charge in [-0.1, -0.05) is 19.1 Å². The highest BCUT2D eigenvalue weighted by atomic mass is 32.2. The molecular formula is C26H37N5O6S. The molecule has 1 spiro atoms. The van der Waals surface area contributed by atoms with Crippen molar-refractivity contribution in [1.82, 2.24) is 19.0 Å². The van der Waals surface area contributed by atoms with Crippen LogP contribution in [0, 0.1) is 0 Å². The predicted molar refractivity (Wildman–Crippen MR) is 141 cm³/mol. The molecule has 1 amide bonds. The van der Waals surface area contributed by atoms with Crippen molar-refractivity contribution in [1.29, 1.82) is 0 Å². The average Bonchev–Trinajstić information content (AvgIpc) is 3.57. The van der Waals surface area contributed by atoms with Crippen molar-refractivity contribution in [2.24, 2.45) is 0 Å². The van der Waals surface area contributed by atoms with Gasteiger partial charge in [0.05, 0.1) is 31.1 Å². The summed E-state index contributed by atoms with van der Waals surface area (Å²) in [5.74, 6) is -0.143. The summed E-state index contributed by atoms with van der Waals surface area (Å²) in [5.41, 5.74) is 1.08. The van der Waals surface area contributed by atoms with E-state index in [2.05, 4.69) is 10.00 Å². The van der Waals surface area contributed by atoms with Crippen molar-refractivity contribution < 1.29 is 27.4 Å². The summed E-state index contributed by atoms with van der Waals surface area (Å²) < 4.78 is 48.0. The monoisotopic (exact) mass is 547 g/mol. The van der Waals surface area contributed by atoms with Crippen LogP contribution in [0.4, 0.5) is 5.69 Å². The van der Waals surface area contributed by atoms with Gasteiger partial charge in [-0.2, -0.15) is 9.40 Å². The number of amides is 1. The minimum Gasteiger partial charge on any atom is -0.492 e. The number of piperazine rings is 1. The molecule has 0 unspecified atom stereocenters. The largest absolute Gasteiger partial charge is 0.492 e. The number of carbonyl (C=O) groups is 1. The van der Waals surface area contributed by atoms with Gasteiger partial charge in [-0.05, 0) is 25.5 Å². The Morgan fingerprint density at radius 2 is 1.71 bits per heavy atom. The second kappa shape index (κ2) is 11.2. The van der Waals surface area contributed by atoms with Gasteiger partial charge in [0.25, 0.3) is 15.9 Å². The number of rotatable bonds is 8. The molecule has 0 aliphatic carbocycles. The molecule has 3 fully saturated rings. The molecule has 1 aromatic heterocycles. The van der Waals surface area contributed by atoms with Crippen molar-refractivity contribution in [2.75, 3.05) is 64.0 Å². The fourth-order valence-corrected chi connectivity index (χ4v) is 6.89. The van der Waals surface area contributed by atoms with E-state index in [9.17, 15) is 13.2 Å². The number of aromatic nitrogens is 2. The summed E-state index contributed by atoms with van der Waals surface area (Å²) in [7, 11) is -3.98. The Bertz CT molecular complexity index is 1220. The average molecular weight is 548 g/mol. The van der Waals surface area contributed by atoms with Gasteiger partial charge in [0, 0.05) is 64.9 Å². The van der Waals surface area contributed by atoms with E-state index in [1.807, 2.05) is 38.1 Å². The molecule has 11 nitrogen and oxygen atoms in total. The predicted octanol–water partition coefficient (Wildman–Crippen LogP) is 2.18. The van der Waals surface area contributed by atoms with Crippen LogP contribution < -0.4 is 9.64 Å². The Balaban J connectivity index is 1.33. The molecular weight excluding hydrogens is 510 g/mol. The lowest BCUT2D eigenvalue weighted by atomic mass is 10.0. The topological polar surface area (TPSA) is 106 Å². The highest BCUT2D eigenvalue weighted by Crippen LogP contribution is 2.33. The summed E-state index contributed by atoms with van der Waals surface area (Å²) in [4.78, 5) is 17.4. The molecule has 0 N–H and O–H groups in total. The quantitative estimate of drug-likeness (QED) is 0.495. The highest BCUT2D eigenvalue weighted by molar-refractivity contribution is 7.89. The smallest absolute Gasteiger partial charge is 0.263 e. The first kappa shape index (κ1) is 26.9. The van der Waals surface area contributed by atoms with Gasteiger partial charge in [-0.25, -0.2) is 8.42 Å².